The second-order valence-corrected chi connectivity index (χ2v) is 8.72. The highest BCUT2D eigenvalue weighted by Crippen LogP contribution is 2.47. The Labute approximate surface area is 219 Å². The fourth-order valence-corrected chi connectivity index (χ4v) is 4.36. The minimum atomic E-state index is -0.603. The number of nitrogens with zero attached hydrogens (tertiary/aromatic N) is 1. The van der Waals surface area contributed by atoms with Gasteiger partial charge in [-0.3, -0.25) is 0 Å². The third-order valence-corrected chi connectivity index (χ3v) is 6.53. The number of nitrogens with two attached hydrogens (primary N) is 1. The number of rotatable bonds is 7. The van der Waals surface area contributed by atoms with Crippen LogP contribution in [0.5, 0.6) is 28.7 Å². The van der Waals surface area contributed by atoms with E-state index < -0.39 is 11.9 Å². The van der Waals surface area contributed by atoms with E-state index in [-0.39, 0.29) is 23.8 Å². The number of carbonyl (C=O) groups is 1. The molecule has 0 radical (unpaired) electrons. The van der Waals surface area contributed by atoms with Crippen LogP contribution in [0.25, 0.3) is 0 Å². The number of para-hydroxylation sites is 1. The molecule has 0 saturated heterocycles. The number of carbonyl (C=O) groups excluding carboxylic acids is 1. The summed E-state index contributed by atoms with van der Waals surface area (Å²) in [6.45, 7) is 3.42. The van der Waals surface area contributed by atoms with Crippen LogP contribution in [-0.4, -0.2) is 26.8 Å². The summed E-state index contributed by atoms with van der Waals surface area (Å²) in [5.74, 6) is 0.856. The van der Waals surface area contributed by atoms with Gasteiger partial charge in [0.05, 0.1) is 20.1 Å². The number of methoxy groups -OCH3 is 2. The largest absolute Gasteiger partial charge is 0.493 e. The topological polar surface area (TPSA) is 113 Å². The first kappa shape index (κ1) is 25.7. The third-order valence-electron chi connectivity index (χ3n) is 5.93. The molecule has 1 heterocycles. The molecule has 4 rings (SSSR count). The van der Waals surface area contributed by atoms with E-state index in [1.54, 1.807) is 42.5 Å². The van der Waals surface area contributed by atoms with Gasteiger partial charge in [-0.2, -0.15) is 5.26 Å². The molecule has 1 unspecified atom stereocenters. The second-order valence-electron chi connectivity index (χ2n) is 8.34. The quantitative estimate of drug-likeness (QED) is 0.335. The van der Waals surface area contributed by atoms with Crippen LogP contribution in [0.3, 0.4) is 0 Å². The lowest BCUT2D eigenvalue weighted by molar-refractivity contribution is -0.136. The van der Waals surface area contributed by atoms with Crippen molar-refractivity contribution in [3.05, 3.63) is 87.3 Å². The van der Waals surface area contributed by atoms with Gasteiger partial charge in [0.1, 0.15) is 28.9 Å². The molecule has 0 amide bonds. The molecule has 0 spiro atoms. The number of hydrogen-bond donors (Lipinski definition) is 1. The van der Waals surface area contributed by atoms with Gasteiger partial charge in [0.15, 0.2) is 18.1 Å². The van der Waals surface area contributed by atoms with Crippen molar-refractivity contribution < 1.29 is 28.5 Å². The highest BCUT2D eigenvalue weighted by atomic mass is 35.5. The number of hydrogen-bond acceptors (Lipinski definition) is 8. The number of ether oxygens (including phenoxy) is 5. The molecule has 1 aliphatic heterocycles. The molecule has 1 atom stereocenters. The van der Waals surface area contributed by atoms with Crippen LogP contribution >= 0.6 is 11.6 Å². The van der Waals surface area contributed by atoms with Crippen LogP contribution in [0.1, 0.15) is 28.2 Å². The molecule has 0 saturated carbocycles. The van der Waals surface area contributed by atoms with E-state index in [1.165, 1.54) is 14.2 Å². The molecule has 9 heteroatoms. The minimum absolute atomic E-state index is 0.0508. The monoisotopic (exact) mass is 520 g/mol. The Bertz CT molecular complexity index is 1420. The Morgan fingerprint density at radius 3 is 2.43 bits per heavy atom. The van der Waals surface area contributed by atoms with Crippen molar-refractivity contribution in [3.63, 3.8) is 0 Å². The number of allylic oxidation sites excluding steroid dienone is 1. The molecule has 1 aliphatic rings. The van der Waals surface area contributed by atoms with Gasteiger partial charge in [0.25, 0.3) is 0 Å². The summed E-state index contributed by atoms with van der Waals surface area (Å²) in [4.78, 5) is 12.5. The van der Waals surface area contributed by atoms with E-state index in [2.05, 4.69) is 6.07 Å². The molecular weight excluding hydrogens is 496 g/mol. The zero-order valence-electron chi connectivity index (χ0n) is 20.8. The first-order valence-corrected chi connectivity index (χ1v) is 11.7. The molecule has 0 bridgehead atoms. The van der Waals surface area contributed by atoms with Gasteiger partial charge in [-0.15, -0.1) is 0 Å². The Balaban J connectivity index is 1.59. The average Bonchev–Trinajstić information content (AvgIpc) is 2.89. The van der Waals surface area contributed by atoms with Crippen molar-refractivity contribution >= 4 is 17.6 Å². The van der Waals surface area contributed by atoms with Gasteiger partial charge in [0, 0.05) is 22.2 Å². The molecule has 8 nitrogen and oxygen atoms in total. The predicted molar refractivity (Wildman–Crippen MR) is 137 cm³/mol. The molecule has 0 fully saturated rings. The SMILES string of the molecule is COc1cccc(C2C(C#N)=C(N)Oc3cc(OC(=O)COc4cc(C)c(Cl)c(C)c4)ccc32)c1OC. The highest BCUT2D eigenvalue weighted by molar-refractivity contribution is 6.32. The first-order chi connectivity index (χ1) is 17.8. The lowest BCUT2D eigenvalue weighted by atomic mass is 9.83. The van der Waals surface area contributed by atoms with Gasteiger partial charge >= 0.3 is 5.97 Å². The molecule has 0 aliphatic carbocycles. The lowest BCUT2D eigenvalue weighted by Gasteiger charge is -2.28. The first-order valence-electron chi connectivity index (χ1n) is 11.3. The zero-order valence-corrected chi connectivity index (χ0v) is 21.5. The molecule has 3 aromatic carbocycles. The Morgan fingerprint density at radius 2 is 1.78 bits per heavy atom. The van der Waals surface area contributed by atoms with Crippen LogP contribution in [0.2, 0.25) is 5.02 Å². The van der Waals surface area contributed by atoms with Crippen molar-refractivity contribution in [2.75, 3.05) is 20.8 Å². The van der Waals surface area contributed by atoms with E-state index >= 15 is 0 Å². The maximum absolute atomic E-state index is 12.5. The van der Waals surface area contributed by atoms with Gasteiger partial charge in [-0.25, -0.2) is 4.79 Å². The summed E-state index contributed by atoms with van der Waals surface area (Å²) in [5.41, 5.74) is 9.37. The average molecular weight is 521 g/mol. The molecule has 2 N–H and O–H groups in total. The smallest absolute Gasteiger partial charge is 0.349 e. The van der Waals surface area contributed by atoms with Crippen LogP contribution in [-0.2, 0) is 4.79 Å². The van der Waals surface area contributed by atoms with Crippen LogP contribution in [0.4, 0.5) is 0 Å². The number of benzene rings is 3. The molecule has 0 aromatic heterocycles. The number of nitriles is 1. The fraction of sp³-hybridized carbons (Fsp3) is 0.214. The Kier molecular flexibility index (Phi) is 7.46. The second kappa shape index (κ2) is 10.7. The maximum Gasteiger partial charge on any atom is 0.349 e. The van der Waals surface area contributed by atoms with E-state index in [4.69, 9.17) is 41.0 Å². The van der Waals surface area contributed by atoms with Gasteiger partial charge in [-0.1, -0.05) is 29.8 Å². The van der Waals surface area contributed by atoms with Crippen molar-refractivity contribution in [3.8, 4) is 34.8 Å². The maximum atomic E-state index is 12.5. The van der Waals surface area contributed by atoms with Crippen molar-refractivity contribution in [1.29, 1.82) is 5.26 Å². The molecule has 190 valence electrons. The molecule has 37 heavy (non-hydrogen) atoms. The van der Waals surface area contributed by atoms with Crippen molar-refractivity contribution in [1.82, 2.24) is 0 Å². The van der Waals surface area contributed by atoms with Crippen molar-refractivity contribution in [2.24, 2.45) is 5.73 Å². The minimum Gasteiger partial charge on any atom is -0.493 e. The van der Waals surface area contributed by atoms with Gasteiger partial charge < -0.3 is 29.4 Å². The number of halogens is 1. The summed E-state index contributed by atoms with van der Waals surface area (Å²) in [6, 6.07) is 15.9. The number of aryl methyl sites for hydroxylation is 2. The highest BCUT2D eigenvalue weighted by Gasteiger charge is 2.33. The summed E-state index contributed by atoms with van der Waals surface area (Å²) >= 11 is 6.19. The Morgan fingerprint density at radius 1 is 1.05 bits per heavy atom. The predicted octanol–water partition coefficient (Wildman–Crippen LogP) is 5.18. The third kappa shape index (κ3) is 5.13. The fourth-order valence-electron chi connectivity index (χ4n) is 4.25. The summed E-state index contributed by atoms with van der Waals surface area (Å²) in [7, 11) is 3.06. The molecule has 3 aromatic rings. The van der Waals surface area contributed by atoms with Crippen LogP contribution in [0.15, 0.2) is 60.0 Å². The van der Waals surface area contributed by atoms with E-state index in [0.29, 0.717) is 39.1 Å². The van der Waals surface area contributed by atoms with Crippen molar-refractivity contribution in [2.45, 2.75) is 19.8 Å². The van der Waals surface area contributed by atoms with Gasteiger partial charge in [-0.05, 0) is 49.2 Å². The summed E-state index contributed by atoms with van der Waals surface area (Å²) in [5, 5.41) is 10.5. The van der Waals surface area contributed by atoms with E-state index in [1.807, 2.05) is 19.9 Å². The summed E-state index contributed by atoms with van der Waals surface area (Å²) < 4.78 is 27.8. The summed E-state index contributed by atoms with van der Waals surface area (Å²) in [6.07, 6.45) is 0. The zero-order chi connectivity index (χ0) is 26.7. The number of esters is 1. The van der Waals surface area contributed by atoms with Crippen LogP contribution < -0.4 is 29.4 Å². The Hall–Kier alpha value is -4.35. The number of fused-ring (bicyclic) bond motifs is 1. The normalized spacial score (nSPS) is 14.2. The standard InChI is InChI=1S/C28H25ClN2O6/c1-15-10-18(11-16(2)26(15)29)35-14-24(32)36-17-8-9-19-23(12-17)37-28(31)21(13-30)25(19)20-6-5-7-22(33-3)27(20)34-4/h5-12,25H,14,31H2,1-4H3. The van der Waals surface area contributed by atoms with E-state index in [9.17, 15) is 10.1 Å². The van der Waals surface area contributed by atoms with Crippen LogP contribution in [0, 0.1) is 25.2 Å². The molecular formula is C28H25ClN2O6. The van der Waals surface area contributed by atoms with E-state index in [0.717, 1.165) is 11.1 Å². The van der Waals surface area contributed by atoms with Gasteiger partial charge in [0.2, 0.25) is 5.88 Å². The lowest BCUT2D eigenvalue weighted by Crippen LogP contribution is -2.22.